The Kier molecular flexibility index (Phi) is 3.92. The first kappa shape index (κ1) is 12.5. The molecule has 0 fully saturated rings. The van der Waals surface area contributed by atoms with Gasteiger partial charge in [0.2, 0.25) is 0 Å². The lowest BCUT2D eigenvalue weighted by Crippen LogP contribution is -2.09. The zero-order chi connectivity index (χ0) is 13.0. The summed E-state index contributed by atoms with van der Waals surface area (Å²) in [5.74, 6) is -0.562. The van der Waals surface area contributed by atoms with Crippen molar-refractivity contribution in [3.63, 3.8) is 0 Å². The largest absolute Gasteiger partial charge is 0.481 e. The Balaban J connectivity index is 1.91. The maximum atomic E-state index is 13.0. The molecule has 96 valence electrons. The molecule has 1 heterocycles. The second-order valence-electron chi connectivity index (χ2n) is 4.23. The third-order valence-corrected chi connectivity index (χ3v) is 2.70. The van der Waals surface area contributed by atoms with Crippen molar-refractivity contribution in [1.29, 1.82) is 0 Å². The second-order valence-corrected chi connectivity index (χ2v) is 4.23. The van der Waals surface area contributed by atoms with Gasteiger partial charge in [-0.15, -0.1) is 0 Å². The lowest BCUT2D eigenvalue weighted by atomic mass is 10.1. The van der Waals surface area contributed by atoms with E-state index in [9.17, 15) is 9.18 Å². The van der Waals surface area contributed by atoms with Crippen LogP contribution in [0.2, 0.25) is 0 Å². The number of benzene rings is 1. The minimum absolute atomic E-state index is 0.0881. The maximum absolute atomic E-state index is 13.0. The van der Waals surface area contributed by atoms with Crippen LogP contribution in [0.3, 0.4) is 0 Å². The van der Waals surface area contributed by atoms with Crippen molar-refractivity contribution in [3.8, 4) is 0 Å². The summed E-state index contributed by atoms with van der Waals surface area (Å²) in [4.78, 5) is 14.7. The van der Waals surface area contributed by atoms with Gasteiger partial charge in [-0.1, -0.05) is 12.1 Å². The molecule has 18 heavy (non-hydrogen) atoms. The molecule has 1 aromatic rings. The molecule has 1 N–H and O–H groups in total. The summed E-state index contributed by atoms with van der Waals surface area (Å²) in [5.41, 5.74) is 0.799. The minimum atomic E-state index is -0.830. The maximum Gasteiger partial charge on any atom is 0.303 e. The number of hydrogen-bond donors (Lipinski definition) is 1. The van der Waals surface area contributed by atoms with E-state index in [0.29, 0.717) is 25.3 Å². The monoisotopic (exact) mass is 251 g/mol. The molecule has 4 nitrogen and oxygen atoms in total. The van der Waals surface area contributed by atoms with E-state index in [2.05, 4.69) is 4.99 Å². The van der Waals surface area contributed by atoms with Gasteiger partial charge in [0.1, 0.15) is 12.4 Å². The summed E-state index contributed by atoms with van der Waals surface area (Å²) in [6.07, 6.45) is 1.01. The average molecular weight is 251 g/mol. The Labute approximate surface area is 104 Å². The number of halogens is 1. The predicted octanol–water partition coefficient (Wildman–Crippen LogP) is 2.03. The Morgan fingerprint density at radius 3 is 3.11 bits per heavy atom. The Hall–Kier alpha value is -1.91. The van der Waals surface area contributed by atoms with E-state index in [1.165, 1.54) is 12.1 Å². The van der Waals surface area contributed by atoms with Crippen molar-refractivity contribution in [3.05, 3.63) is 35.6 Å². The van der Waals surface area contributed by atoms with Crippen LogP contribution in [0.5, 0.6) is 0 Å². The summed E-state index contributed by atoms with van der Waals surface area (Å²) in [6.45, 7) is 0.415. The van der Waals surface area contributed by atoms with Crippen molar-refractivity contribution in [2.75, 3.05) is 6.61 Å². The molecule has 5 heteroatoms. The normalized spacial score (nSPS) is 18.3. The topological polar surface area (TPSA) is 58.9 Å². The van der Waals surface area contributed by atoms with Crippen molar-refractivity contribution in [2.24, 2.45) is 4.99 Å². The van der Waals surface area contributed by atoms with Crippen LogP contribution in [-0.4, -0.2) is 29.6 Å². The first-order valence-corrected chi connectivity index (χ1v) is 5.79. The molecule has 1 atom stereocenters. The van der Waals surface area contributed by atoms with Crippen LogP contribution in [0.4, 0.5) is 4.39 Å². The number of aliphatic imine (C=N–C) groups is 1. The molecule has 0 amide bonds. The molecule has 0 radical (unpaired) electrons. The summed E-state index contributed by atoms with van der Waals surface area (Å²) in [7, 11) is 0. The van der Waals surface area contributed by atoms with Gasteiger partial charge in [0.15, 0.2) is 5.90 Å². The molecule has 2 rings (SSSR count). The molecular formula is C13H14FNO3. The number of hydrogen-bond acceptors (Lipinski definition) is 3. The first-order chi connectivity index (χ1) is 8.63. The van der Waals surface area contributed by atoms with Gasteiger partial charge >= 0.3 is 5.97 Å². The van der Waals surface area contributed by atoms with Crippen molar-refractivity contribution >= 4 is 11.9 Å². The molecule has 0 bridgehead atoms. The predicted molar refractivity (Wildman–Crippen MR) is 64.1 cm³/mol. The molecule has 0 aliphatic carbocycles. The van der Waals surface area contributed by atoms with Crippen LogP contribution in [0.25, 0.3) is 0 Å². The van der Waals surface area contributed by atoms with Crippen LogP contribution in [0.1, 0.15) is 18.4 Å². The lowest BCUT2D eigenvalue weighted by Gasteiger charge is -2.01. The zero-order valence-electron chi connectivity index (χ0n) is 9.80. The molecule has 1 aliphatic heterocycles. The standard InChI is InChI=1S/C13H14FNO3/c14-10-3-1-2-9(6-10)7-12-15-11(8-18-12)4-5-13(16)17/h1-3,6,11H,4-5,7-8H2,(H,16,17). The first-order valence-electron chi connectivity index (χ1n) is 5.79. The molecule has 0 spiro atoms. The number of aliphatic carboxylic acids is 1. The Morgan fingerprint density at radius 1 is 1.56 bits per heavy atom. The van der Waals surface area contributed by atoms with Crippen molar-refractivity contribution in [2.45, 2.75) is 25.3 Å². The van der Waals surface area contributed by atoms with Gasteiger partial charge in [-0.05, 0) is 24.1 Å². The van der Waals surface area contributed by atoms with E-state index in [4.69, 9.17) is 9.84 Å². The number of nitrogens with zero attached hydrogens (tertiary/aromatic N) is 1. The van der Waals surface area contributed by atoms with E-state index < -0.39 is 5.97 Å². The number of rotatable bonds is 5. The highest BCUT2D eigenvalue weighted by molar-refractivity contribution is 5.80. The highest BCUT2D eigenvalue weighted by Crippen LogP contribution is 2.14. The molecule has 0 aromatic heterocycles. The van der Waals surface area contributed by atoms with E-state index in [1.807, 2.05) is 0 Å². The van der Waals surface area contributed by atoms with Gasteiger partial charge < -0.3 is 9.84 Å². The van der Waals surface area contributed by atoms with Crippen LogP contribution in [0.15, 0.2) is 29.3 Å². The third kappa shape index (κ3) is 3.55. The number of carboxylic acids is 1. The van der Waals surface area contributed by atoms with E-state index in [1.54, 1.807) is 12.1 Å². The zero-order valence-corrected chi connectivity index (χ0v) is 9.80. The molecule has 1 aromatic carbocycles. The van der Waals surface area contributed by atoms with E-state index >= 15 is 0 Å². The Morgan fingerprint density at radius 2 is 2.39 bits per heavy atom. The number of ether oxygens (including phenoxy) is 1. The molecule has 0 saturated carbocycles. The third-order valence-electron chi connectivity index (χ3n) is 2.70. The van der Waals surface area contributed by atoms with Gasteiger partial charge in [0.05, 0.1) is 6.04 Å². The summed E-state index contributed by atoms with van der Waals surface area (Å²) >= 11 is 0. The fraction of sp³-hybridized carbons (Fsp3) is 0.385. The number of carbonyl (C=O) groups is 1. The fourth-order valence-corrected chi connectivity index (χ4v) is 1.83. The minimum Gasteiger partial charge on any atom is -0.481 e. The van der Waals surface area contributed by atoms with Crippen LogP contribution in [0, 0.1) is 5.82 Å². The van der Waals surface area contributed by atoms with Crippen LogP contribution < -0.4 is 0 Å². The second kappa shape index (κ2) is 5.62. The average Bonchev–Trinajstić information content (AvgIpc) is 2.74. The summed E-state index contributed by atoms with van der Waals surface area (Å²) < 4.78 is 18.4. The fourth-order valence-electron chi connectivity index (χ4n) is 1.83. The van der Waals surface area contributed by atoms with Crippen LogP contribution in [-0.2, 0) is 16.0 Å². The van der Waals surface area contributed by atoms with Crippen LogP contribution >= 0.6 is 0 Å². The van der Waals surface area contributed by atoms with Gasteiger partial charge in [-0.2, -0.15) is 0 Å². The summed E-state index contributed by atoms with van der Waals surface area (Å²) in [5, 5.41) is 8.57. The smallest absolute Gasteiger partial charge is 0.303 e. The molecule has 0 saturated heterocycles. The van der Waals surface area contributed by atoms with Crippen molar-refractivity contribution in [1.82, 2.24) is 0 Å². The summed E-state index contributed by atoms with van der Waals surface area (Å²) in [6, 6.07) is 6.18. The van der Waals surface area contributed by atoms with Crippen molar-refractivity contribution < 1.29 is 19.0 Å². The van der Waals surface area contributed by atoms with Gasteiger partial charge in [-0.25, -0.2) is 9.38 Å². The Bertz CT molecular complexity index is 473. The van der Waals surface area contributed by atoms with Gasteiger partial charge in [0, 0.05) is 12.8 Å². The van der Waals surface area contributed by atoms with E-state index in [0.717, 1.165) is 5.56 Å². The highest BCUT2D eigenvalue weighted by Gasteiger charge is 2.19. The molecular weight excluding hydrogens is 237 g/mol. The van der Waals surface area contributed by atoms with E-state index in [-0.39, 0.29) is 18.3 Å². The van der Waals surface area contributed by atoms with Gasteiger partial charge in [-0.3, -0.25) is 4.79 Å². The highest BCUT2D eigenvalue weighted by atomic mass is 19.1. The lowest BCUT2D eigenvalue weighted by molar-refractivity contribution is -0.137. The SMILES string of the molecule is O=C(O)CCC1COC(Cc2cccc(F)c2)=N1. The number of carboxylic acid groups (broad SMARTS) is 1. The quantitative estimate of drug-likeness (QED) is 0.871. The van der Waals surface area contributed by atoms with Gasteiger partial charge in [0.25, 0.3) is 0 Å². The molecule has 1 unspecified atom stereocenters. The molecule has 1 aliphatic rings.